The van der Waals surface area contributed by atoms with Crippen molar-refractivity contribution >= 4 is 12.0 Å². The molecule has 3 rings (SSSR count). The smallest absolute Gasteiger partial charge is 0.262 e. The topological polar surface area (TPSA) is 70.3 Å². The van der Waals surface area contributed by atoms with E-state index in [1.807, 2.05) is 25.1 Å². The van der Waals surface area contributed by atoms with Crippen LogP contribution in [-0.2, 0) is 29.2 Å². The third-order valence-electron chi connectivity index (χ3n) is 5.81. The number of carbonyl (C=O) groups is 1. The van der Waals surface area contributed by atoms with Crippen molar-refractivity contribution in [2.45, 2.75) is 47.3 Å². The van der Waals surface area contributed by atoms with Crippen LogP contribution in [-0.4, -0.2) is 41.7 Å². The van der Waals surface area contributed by atoms with E-state index in [-0.39, 0.29) is 11.5 Å². The maximum absolute atomic E-state index is 12.6. The number of nitrogens with zero attached hydrogens (tertiary/aromatic N) is 3. The molecule has 6 nitrogen and oxygen atoms in total. The van der Waals surface area contributed by atoms with Gasteiger partial charge in [-0.3, -0.25) is 9.69 Å². The van der Waals surface area contributed by atoms with Gasteiger partial charge in [-0.05, 0) is 48.6 Å². The number of aromatic nitrogens is 1. The molecule has 1 aliphatic rings. The van der Waals surface area contributed by atoms with Gasteiger partial charge in [0.25, 0.3) is 5.91 Å². The van der Waals surface area contributed by atoms with Crippen LogP contribution in [0.4, 0.5) is 0 Å². The summed E-state index contributed by atoms with van der Waals surface area (Å²) in [5.74, 6) is 0.175. The molecule has 0 atom stereocenters. The van der Waals surface area contributed by atoms with Gasteiger partial charge in [-0.15, -0.1) is 0 Å². The number of hydrogen-bond acceptors (Lipinski definition) is 4. The van der Waals surface area contributed by atoms with E-state index in [4.69, 9.17) is 4.74 Å². The molecule has 1 N–H and O–H groups in total. The molecular weight excluding hydrogens is 400 g/mol. The Morgan fingerprint density at radius 3 is 2.47 bits per heavy atom. The van der Waals surface area contributed by atoms with Gasteiger partial charge in [-0.2, -0.15) is 5.26 Å². The van der Waals surface area contributed by atoms with E-state index in [0.29, 0.717) is 12.5 Å². The Morgan fingerprint density at radius 2 is 1.84 bits per heavy atom. The Kier molecular flexibility index (Phi) is 8.26. The second-order valence-electron chi connectivity index (χ2n) is 8.89. The Morgan fingerprint density at radius 1 is 1.19 bits per heavy atom. The standard InChI is InChI=1S/C26H34N4O2/c1-19(2)17-30-20(3)13-24(21(30)4)14-25(15-27)26(31)28-16-22-5-7-23(8-6-22)18-29-9-11-32-12-10-29/h5-8,13-14,19H,9-12,16-18H2,1-4H3,(H,28,31)/b25-14-. The fraction of sp³-hybridized carbons (Fsp3) is 0.462. The van der Waals surface area contributed by atoms with Gasteiger partial charge >= 0.3 is 0 Å². The summed E-state index contributed by atoms with van der Waals surface area (Å²) in [6, 6.07) is 12.4. The number of carbonyl (C=O) groups excluding carboxylic acids is 1. The molecule has 1 aromatic carbocycles. The van der Waals surface area contributed by atoms with Crippen molar-refractivity contribution in [2.24, 2.45) is 5.92 Å². The molecule has 6 heteroatoms. The number of ether oxygens (including phenoxy) is 1. The third-order valence-corrected chi connectivity index (χ3v) is 5.81. The molecule has 0 unspecified atom stereocenters. The van der Waals surface area contributed by atoms with Gasteiger partial charge < -0.3 is 14.6 Å². The molecule has 0 spiro atoms. The predicted molar refractivity (Wildman–Crippen MR) is 127 cm³/mol. The fourth-order valence-corrected chi connectivity index (χ4v) is 3.98. The van der Waals surface area contributed by atoms with Gasteiger partial charge in [0.1, 0.15) is 11.6 Å². The highest BCUT2D eigenvalue weighted by molar-refractivity contribution is 6.01. The molecule has 0 bridgehead atoms. The number of hydrogen-bond donors (Lipinski definition) is 1. The van der Waals surface area contributed by atoms with Crippen molar-refractivity contribution in [2.75, 3.05) is 26.3 Å². The van der Waals surface area contributed by atoms with E-state index in [2.05, 4.69) is 53.8 Å². The molecule has 1 fully saturated rings. The Labute approximate surface area is 191 Å². The van der Waals surface area contributed by atoms with Crippen molar-refractivity contribution in [1.29, 1.82) is 5.26 Å². The fourth-order valence-electron chi connectivity index (χ4n) is 3.98. The summed E-state index contributed by atoms with van der Waals surface area (Å²) < 4.78 is 7.63. The summed E-state index contributed by atoms with van der Waals surface area (Å²) in [5, 5.41) is 12.4. The van der Waals surface area contributed by atoms with Gasteiger partial charge in [-0.1, -0.05) is 38.1 Å². The summed E-state index contributed by atoms with van der Waals surface area (Å²) in [6.45, 7) is 14.2. The van der Waals surface area contributed by atoms with E-state index in [1.165, 1.54) is 5.56 Å². The third kappa shape index (κ3) is 6.32. The molecule has 1 aromatic heterocycles. The minimum atomic E-state index is -0.349. The van der Waals surface area contributed by atoms with Crippen LogP contribution in [0.25, 0.3) is 6.08 Å². The summed E-state index contributed by atoms with van der Waals surface area (Å²) in [7, 11) is 0. The molecule has 0 aliphatic carbocycles. The number of nitriles is 1. The van der Waals surface area contributed by atoms with Gasteiger partial charge in [0.2, 0.25) is 0 Å². The lowest BCUT2D eigenvalue weighted by atomic mass is 10.1. The second-order valence-corrected chi connectivity index (χ2v) is 8.89. The maximum Gasteiger partial charge on any atom is 0.262 e. The molecular formula is C26H34N4O2. The molecule has 170 valence electrons. The molecule has 2 aromatic rings. The zero-order valence-corrected chi connectivity index (χ0v) is 19.6. The van der Waals surface area contributed by atoms with Crippen molar-refractivity contribution < 1.29 is 9.53 Å². The summed E-state index contributed by atoms with van der Waals surface area (Å²) in [6.07, 6.45) is 1.69. The van der Waals surface area contributed by atoms with E-state index >= 15 is 0 Å². The lowest BCUT2D eigenvalue weighted by molar-refractivity contribution is -0.117. The highest BCUT2D eigenvalue weighted by Crippen LogP contribution is 2.20. The maximum atomic E-state index is 12.6. The van der Waals surface area contributed by atoms with Crippen LogP contribution in [0.5, 0.6) is 0 Å². The molecule has 32 heavy (non-hydrogen) atoms. The van der Waals surface area contributed by atoms with Gasteiger partial charge in [0.05, 0.1) is 13.2 Å². The monoisotopic (exact) mass is 434 g/mol. The van der Waals surface area contributed by atoms with E-state index in [9.17, 15) is 10.1 Å². The minimum Gasteiger partial charge on any atom is -0.379 e. The van der Waals surface area contributed by atoms with Crippen molar-refractivity contribution in [3.8, 4) is 6.07 Å². The van der Waals surface area contributed by atoms with Crippen molar-refractivity contribution in [3.05, 3.63) is 64.0 Å². The van der Waals surface area contributed by atoms with E-state index in [1.54, 1.807) is 6.08 Å². The molecule has 1 saturated heterocycles. The molecule has 1 amide bonds. The number of benzene rings is 1. The number of rotatable bonds is 8. The molecule has 0 saturated carbocycles. The Balaban J connectivity index is 1.60. The highest BCUT2D eigenvalue weighted by atomic mass is 16.5. The molecule has 0 radical (unpaired) electrons. The largest absolute Gasteiger partial charge is 0.379 e. The number of morpholine rings is 1. The lowest BCUT2D eigenvalue weighted by Gasteiger charge is -2.26. The lowest BCUT2D eigenvalue weighted by Crippen LogP contribution is -2.35. The van der Waals surface area contributed by atoms with Gasteiger partial charge in [0.15, 0.2) is 0 Å². The zero-order chi connectivity index (χ0) is 23.1. The summed E-state index contributed by atoms with van der Waals surface area (Å²) in [4.78, 5) is 15.0. The van der Waals surface area contributed by atoms with Crippen LogP contribution >= 0.6 is 0 Å². The highest BCUT2D eigenvalue weighted by Gasteiger charge is 2.14. The first-order chi connectivity index (χ1) is 15.4. The van der Waals surface area contributed by atoms with Crippen LogP contribution in [0.2, 0.25) is 0 Å². The number of amides is 1. The van der Waals surface area contributed by atoms with Gasteiger partial charge in [0, 0.05) is 44.1 Å². The minimum absolute atomic E-state index is 0.124. The summed E-state index contributed by atoms with van der Waals surface area (Å²) >= 11 is 0. The van der Waals surface area contributed by atoms with Crippen LogP contribution in [0.15, 0.2) is 35.9 Å². The second kappa shape index (κ2) is 11.1. The first-order valence-electron chi connectivity index (χ1n) is 11.3. The first-order valence-corrected chi connectivity index (χ1v) is 11.3. The number of aryl methyl sites for hydroxylation is 1. The van der Waals surface area contributed by atoms with Crippen LogP contribution in [0.3, 0.4) is 0 Å². The van der Waals surface area contributed by atoms with Crippen LogP contribution in [0.1, 0.15) is 41.9 Å². The average molecular weight is 435 g/mol. The number of nitrogens with one attached hydrogen (secondary N) is 1. The average Bonchev–Trinajstić information content (AvgIpc) is 3.04. The van der Waals surface area contributed by atoms with E-state index < -0.39 is 0 Å². The Hall–Kier alpha value is -2.88. The van der Waals surface area contributed by atoms with Crippen molar-refractivity contribution in [3.63, 3.8) is 0 Å². The summed E-state index contributed by atoms with van der Waals surface area (Å²) in [5.41, 5.74) is 5.51. The Bertz CT molecular complexity index is 990. The SMILES string of the molecule is Cc1cc(/C=C(/C#N)C(=O)NCc2ccc(CN3CCOCC3)cc2)c(C)n1CC(C)C. The van der Waals surface area contributed by atoms with E-state index in [0.717, 1.165) is 61.9 Å². The van der Waals surface area contributed by atoms with Crippen LogP contribution < -0.4 is 5.32 Å². The first kappa shape index (κ1) is 23.8. The zero-order valence-electron chi connectivity index (χ0n) is 19.6. The quantitative estimate of drug-likeness (QED) is 0.507. The van der Waals surface area contributed by atoms with Gasteiger partial charge in [-0.25, -0.2) is 0 Å². The van der Waals surface area contributed by atoms with Crippen LogP contribution in [0, 0.1) is 31.1 Å². The van der Waals surface area contributed by atoms with Crippen molar-refractivity contribution in [1.82, 2.24) is 14.8 Å². The predicted octanol–water partition coefficient (Wildman–Crippen LogP) is 3.82. The molecule has 1 aliphatic heterocycles. The normalized spacial score (nSPS) is 15.1. The molecule has 2 heterocycles.